The summed E-state index contributed by atoms with van der Waals surface area (Å²) in [5.74, 6) is 1.53. The summed E-state index contributed by atoms with van der Waals surface area (Å²) in [6.45, 7) is 0. The molecule has 1 amide bonds. The minimum absolute atomic E-state index is 0.0917. The summed E-state index contributed by atoms with van der Waals surface area (Å²) >= 11 is 0. The molecule has 0 unspecified atom stereocenters. The molecule has 2 aromatic heterocycles. The number of nitrogens with two attached hydrogens (primary N) is 2. The van der Waals surface area contributed by atoms with Gasteiger partial charge in [-0.25, -0.2) is 4.98 Å². The van der Waals surface area contributed by atoms with Crippen molar-refractivity contribution < 1.29 is 19.4 Å². The monoisotopic (exact) mass is 523 g/mol. The SMILES string of the molecule is COc1ccc(NC(=O)c2cc3cc(OC)ccc3c(N)c2O)cc1.N#Cc1cnn(-c2ccccn2)c1N. The zero-order valence-corrected chi connectivity index (χ0v) is 21.1. The van der Waals surface area contributed by atoms with Crippen molar-refractivity contribution in [3.63, 3.8) is 0 Å². The van der Waals surface area contributed by atoms with E-state index in [9.17, 15) is 9.90 Å². The van der Waals surface area contributed by atoms with E-state index in [0.717, 1.165) is 0 Å². The summed E-state index contributed by atoms with van der Waals surface area (Å²) in [4.78, 5) is 16.6. The molecule has 5 aromatic rings. The van der Waals surface area contributed by atoms with Gasteiger partial charge in [0.05, 0.1) is 31.7 Å². The number of nitrogen functional groups attached to an aromatic ring is 2. The number of hydrogen-bond acceptors (Lipinski definition) is 9. The van der Waals surface area contributed by atoms with E-state index < -0.39 is 5.91 Å². The molecule has 39 heavy (non-hydrogen) atoms. The van der Waals surface area contributed by atoms with Gasteiger partial charge in [0.25, 0.3) is 5.91 Å². The molecular weight excluding hydrogens is 498 g/mol. The van der Waals surface area contributed by atoms with Gasteiger partial charge in [-0.1, -0.05) is 6.07 Å². The Morgan fingerprint density at radius 1 is 1.03 bits per heavy atom. The van der Waals surface area contributed by atoms with E-state index in [1.807, 2.05) is 12.1 Å². The molecule has 0 saturated heterocycles. The quantitative estimate of drug-likeness (QED) is 0.195. The lowest BCUT2D eigenvalue weighted by atomic mass is 10.0. The predicted molar refractivity (Wildman–Crippen MR) is 148 cm³/mol. The van der Waals surface area contributed by atoms with Crippen LogP contribution < -0.4 is 26.3 Å². The molecule has 0 bridgehead atoms. The Kier molecular flexibility index (Phi) is 7.78. The van der Waals surface area contributed by atoms with Gasteiger partial charge in [-0.15, -0.1) is 0 Å². The highest BCUT2D eigenvalue weighted by Gasteiger charge is 2.17. The van der Waals surface area contributed by atoms with Crippen molar-refractivity contribution in [1.29, 1.82) is 5.26 Å². The Morgan fingerprint density at radius 2 is 1.74 bits per heavy atom. The number of pyridine rings is 1. The van der Waals surface area contributed by atoms with Crippen LogP contribution in [0.1, 0.15) is 15.9 Å². The number of rotatable bonds is 5. The van der Waals surface area contributed by atoms with E-state index in [1.54, 1.807) is 81.1 Å². The fourth-order valence-electron chi connectivity index (χ4n) is 3.68. The van der Waals surface area contributed by atoms with Crippen LogP contribution in [0.25, 0.3) is 16.6 Å². The summed E-state index contributed by atoms with van der Waals surface area (Å²) in [5.41, 5.74) is 12.9. The number of aromatic hydroxyl groups is 1. The Bertz CT molecular complexity index is 1660. The number of nitrogens with one attached hydrogen (secondary N) is 1. The lowest BCUT2D eigenvalue weighted by molar-refractivity contribution is 0.102. The number of benzene rings is 3. The summed E-state index contributed by atoms with van der Waals surface area (Å²) in [5, 5.41) is 27.0. The number of amides is 1. The van der Waals surface area contributed by atoms with Crippen LogP contribution in [0.5, 0.6) is 17.2 Å². The first kappa shape index (κ1) is 26.3. The molecule has 0 spiro atoms. The average molecular weight is 524 g/mol. The molecule has 5 rings (SSSR count). The molecule has 11 heteroatoms. The van der Waals surface area contributed by atoms with Gasteiger partial charge in [0.2, 0.25) is 0 Å². The van der Waals surface area contributed by atoms with Crippen LogP contribution in [0, 0.1) is 11.3 Å². The first-order valence-electron chi connectivity index (χ1n) is 11.6. The zero-order chi connectivity index (χ0) is 27.9. The van der Waals surface area contributed by atoms with Crippen molar-refractivity contribution in [2.24, 2.45) is 0 Å². The highest BCUT2D eigenvalue weighted by atomic mass is 16.5. The van der Waals surface area contributed by atoms with Gasteiger partial charge in [0.15, 0.2) is 11.6 Å². The highest BCUT2D eigenvalue weighted by Crippen LogP contribution is 2.35. The minimum Gasteiger partial charge on any atom is -0.505 e. The van der Waals surface area contributed by atoms with Crippen LogP contribution in [-0.2, 0) is 0 Å². The largest absolute Gasteiger partial charge is 0.505 e. The Balaban J connectivity index is 0.000000212. The second-order valence-electron chi connectivity index (χ2n) is 8.11. The smallest absolute Gasteiger partial charge is 0.259 e. The number of ether oxygens (including phenoxy) is 2. The van der Waals surface area contributed by atoms with E-state index in [0.29, 0.717) is 45.2 Å². The van der Waals surface area contributed by atoms with Gasteiger partial charge in [0.1, 0.15) is 28.9 Å². The number of fused-ring (bicyclic) bond motifs is 1. The molecule has 0 atom stereocenters. The minimum atomic E-state index is -0.459. The topological polar surface area (TPSA) is 174 Å². The van der Waals surface area contributed by atoms with Gasteiger partial charge >= 0.3 is 0 Å². The molecule has 0 fully saturated rings. The van der Waals surface area contributed by atoms with Crippen molar-refractivity contribution in [1.82, 2.24) is 14.8 Å². The molecule has 6 N–H and O–H groups in total. The third kappa shape index (κ3) is 5.65. The molecule has 0 radical (unpaired) electrons. The van der Waals surface area contributed by atoms with E-state index in [1.165, 1.54) is 10.9 Å². The van der Waals surface area contributed by atoms with Crippen LogP contribution in [-0.4, -0.2) is 40.0 Å². The number of aromatic nitrogens is 3. The molecular formula is C28H25N7O4. The Hall–Kier alpha value is -5.76. The third-order valence-corrected chi connectivity index (χ3v) is 5.74. The molecule has 0 aliphatic rings. The summed E-state index contributed by atoms with van der Waals surface area (Å²) in [7, 11) is 3.12. The summed E-state index contributed by atoms with van der Waals surface area (Å²) < 4.78 is 11.7. The Morgan fingerprint density at radius 3 is 2.36 bits per heavy atom. The molecule has 11 nitrogen and oxygen atoms in total. The fraction of sp³-hybridized carbons (Fsp3) is 0.0714. The maximum absolute atomic E-state index is 12.6. The number of anilines is 3. The number of carbonyl (C=O) groups is 1. The molecule has 3 aromatic carbocycles. The van der Waals surface area contributed by atoms with E-state index in [2.05, 4.69) is 15.4 Å². The van der Waals surface area contributed by atoms with Gasteiger partial charge in [0, 0.05) is 17.3 Å². The first-order chi connectivity index (χ1) is 18.9. The number of nitrogens with zero attached hydrogens (tertiary/aromatic N) is 4. The maximum Gasteiger partial charge on any atom is 0.259 e. The van der Waals surface area contributed by atoms with Crippen LogP contribution in [0.2, 0.25) is 0 Å². The molecule has 2 heterocycles. The van der Waals surface area contributed by atoms with Crippen LogP contribution in [0.4, 0.5) is 17.2 Å². The summed E-state index contributed by atoms with van der Waals surface area (Å²) in [6, 6.07) is 21.1. The van der Waals surface area contributed by atoms with Gasteiger partial charge in [-0.2, -0.15) is 15.0 Å². The molecule has 0 aliphatic carbocycles. The molecule has 0 saturated carbocycles. The normalized spacial score (nSPS) is 10.2. The van der Waals surface area contributed by atoms with Gasteiger partial charge in [-0.3, -0.25) is 4.79 Å². The predicted octanol–water partition coefficient (Wildman–Crippen LogP) is 4.12. The number of carbonyl (C=O) groups excluding carboxylic acids is 1. The zero-order valence-electron chi connectivity index (χ0n) is 21.1. The second-order valence-corrected chi connectivity index (χ2v) is 8.11. The third-order valence-electron chi connectivity index (χ3n) is 5.74. The van der Waals surface area contributed by atoms with Crippen molar-refractivity contribution in [2.45, 2.75) is 0 Å². The van der Waals surface area contributed by atoms with Crippen molar-refractivity contribution >= 4 is 33.9 Å². The number of phenols is 1. The van der Waals surface area contributed by atoms with Crippen molar-refractivity contribution in [2.75, 3.05) is 31.0 Å². The van der Waals surface area contributed by atoms with Crippen LogP contribution in [0.15, 0.2) is 79.1 Å². The Labute approximate surface area is 223 Å². The van der Waals surface area contributed by atoms with Crippen LogP contribution >= 0.6 is 0 Å². The first-order valence-corrected chi connectivity index (χ1v) is 11.6. The van der Waals surface area contributed by atoms with E-state index in [4.69, 9.17) is 26.2 Å². The fourth-order valence-corrected chi connectivity index (χ4v) is 3.68. The van der Waals surface area contributed by atoms with Gasteiger partial charge in [-0.05, 0) is 66.0 Å². The van der Waals surface area contributed by atoms with E-state index >= 15 is 0 Å². The number of methoxy groups -OCH3 is 2. The summed E-state index contributed by atoms with van der Waals surface area (Å²) in [6.07, 6.45) is 3.06. The van der Waals surface area contributed by atoms with Gasteiger partial charge < -0.3 is 31.4 Å². The van der Waals surface area contributed by atoms with Crippen LogP contribution in [0.3, 0.4) is 0 Å². The number of nitriles is 1. The molecule has 196 valence electrons. The number of hydrogen-bond donors (Lipinski definition) is 4. The standard InChI is InChI=1S/C19H18N2O4.C9H7N5/c1-24-13-5-3-12(4-6-13)21-19(23)16-10-11-9-14(25-2)7-8-15(11)17(20)18(16)22;10-5-7-6-13-14(9(7)11)8-3-1-2-4-12-8/h3-10,22H,20H2,1-2H3,(H,21,23);1-4,6H,11H2. The lowest BCUT2D eigenvalue weighted by Crippen LogP contribution is -2.12. The number of phenolic OH excluding ortho intramolecular Hbond substituents is 1. The lowest BCUT2D eigenvalue weighted by Gasteiger charge is -2.12. The highest BCUT2D eigenvalue weighted by molar-refractivity contribution is 6.12. The molecule has 0 aliphatic heterocycles. The van der Waals surface area contributed by atoms with Crippen molar-refractivity contribution in [3.8, 4) is 29.1 Å². The maximum atomic E-state index is 12.6. The average Bonchev–Trinajstić information content (AvgIpc) is 3.35. The van der Waals surface area contributed by atoms with E-state index in [-0.39, 0.29) is 17.0 Å². The van der Waals surface area contributed by atoms with Crippen molar-refractivity contribution in [3.05, 3.63) is 90.3 Å². The second kappa shape index (κ2) is 11.5.